The average Bonchev–Trinajstić information content (AvgIpc) is 2.30. The van der Waals surface area contributed by atoms with Crippen molar-refractivity contribution in [2.45, 2.75) is 31.3 Å². The fourth-order valence-corrected chi connectivity index (χ4v) is 1.67. The van der Waals surface area contributed by atoms with Crippen molar-refractivity contribution in [2.75, 3.05) is 12.0 Å². The molecule has 0 aromatic rings. The third-order valence-electron chi connectivity index (χ3n) is 2.23. The van der Waals surface area contributed by atoms with Crippen LogP contribution in [0.3, 0.4) is 0 Å². The summed E-state index contributed by atoms with van der Waals surface area (Å²) in [6.45, 7) is 0. The number of nitrogens with one attached hydrogen (secondary N) is 1. The number of carboxylic acid groups (broad SMARTS) is 2. The maximum atomic E-state index is 11.6. The lowest BCUT2D eigenvalue weighted by atomic mass is 10.1. The van der Waals surface area contributed by atoms with Crippen LogP contribution in [0.15, 0.2) is 0 Å². The second kappa shape index (κ2) is 8.76. The standard InChI is InChI=1S/C10H18N2O5S/c1-18-5-4-6(11)9(15)12-7(10(16)17)2-3-8(13)14/h6-7H,2-5,11H2,1H3,(H,12,15)(H,13,14)(H,16,17). The Bertz CT molecular complexity index is 311. The number of hydrogen-bond donors (Lipinski definition) is 4. The van der Waals surface area contributed by atoms with E-state index in [0.717, 1.165) is 0 Å². The minimum atomic E-state index is -1.26. The summed E-state index contributed by atoms with van der Waals surface area (Å²) < 4.78 is 0. The average molecular weight is 278 g/mol. The highest BCUT2D eigenvalue weighted by Crippen LogP contribution is 2.02. The third-order valence-corrected chi connectivity index (χ3v) is 2.88. The van der Waals surface area contributed by atoms with Crippen LogP contribution < -0.4 is 11.1 Å². The molecule has 0 aliphatic rings. The monoisotopic (exact) mass is 278 g/mol. The van der Waals surface area contributed by atoms with Gasteiger partial charge in [0.25, 0.3) is 0 Å². The zero-order valence-electron chi connectivity index (χ0n) is 10.1. The molecule has 0 radical (unpaired) electrons. The Morgan fingerprint density at radius 1 is 1.28 bits per heavy atom. The molecule has 0 saturated carbocycles. The molecule has 0 saturated heterocycles. The van der Waals surface area contributed by atoms with Crippen LogP contribution >= 0.6 is 11.8 Å². The SMILES string of the molecule is CSCCC(N)C(=O)NC(CCC(=O)O)C(=O)O. The van der Waals surface area contributed by atoms with Gasteiger partial charge < -0.3 is 21.3 Å². The molecule has 2 atom stereocenters. The fourth-order valence-electron chi connectivity index (χ4n) is 1.18. The van der Waals surface area contributed by atoms with Crippen LogP contribution in [-0.2, 0) is 14.4 Å². The lowest BCUT2D eigenvalue weighted by Gasteiger charge is -2.16. The van der Waals surface area contributed by atoms with Crippen LogP contribution in [0.25, 0.3) is 0 Å². The topological polar surface area (TPSA) is 130 Å². The first-order valence-corrected chi connectivity index (χ1v) is 6.77. The van der Waals surface area contributed by atoms with E-state index in [4.69, 9.17) is 15.9 Å². The summed E-state index contributed by atoms with van der Waals surface area (Å²) in [5.74, 6) is -2.24. The van der Waals surface area contributed by atoms with Gasteiger partial charge in [-0.25, -0.2) is 4.79 Å². The minimum absolute atomic E-state index is 0.161. The predicted octanol–water partition coefficient (Wildman–Crippen LogP) is -0.499. The summed E-state index contributed by atoms with van der Waals surface area (Å²) in [4.78, 5) is 32.7. The number of carboxylic acids is 2. The number of amides is 1. The van der Waals surface area contributed by atoms with Crippen LogP contribution in [0.2, 0.25) is 0 Å². The quantitative estimate of drug-likeness (QED) is 0.447. The highest BCUT2D eigenvalue weighted by Gasteiger charge is 2.23. The van der Waals surface area contributed by atoms with Gasteiger partial charge in [0.05, 0.1) is 6.04 Å². The van der Waals surface area contributed by atoms with E-state index in [1.807, 2.05) is 6.26 Å². The second-order valence-electron chi connectivity index (χ2n) is 3.72. The molecule has 0 rings (SSSR count). The van der Waals surface area contributed by atoms with Gasteiger partial charge >= 0.3 is 11.9 Å². The zero-order valence-corrected chi connectivity index (χ0v) is 10.9. The first-order valence-electron chi connectivity index (χ1n) is 5.38. The van der Waals surface area contributed by atoms with Crippen LogP contribution in [0.4, 0.5) is 0 Å². The molecule has 0 aliphatic carbocycles. The second-order valence-corrected chi connectivity index (χ2v) is 4.71. The van der Waals surface area contributed by atoms with Gasteiger partial charge in [0.2, 0.25) is 5.91 Å². The smallest absolute Gasteiger partial charge is 0.326 e. The highest BCUT2D eigenvalue weighted by molar-refractivity contribution is 7.98. The lowest BCUT2D eigenvalue weighted by Crippen LogP contribution is -2.48. The summed E-state index contributed by atoms with van der Waals surface area (Å²) >= 11 is 1.53. The number of carbonyl (C=O) groups excluding carboxylic acids is 1. The fraction of sp³-hybridized carbons (Fsp3) is 0.700. The van der Waals surface area contributed by atoms with Crippen molar-refractivity contribution in [3.8, 4) is 0 Å². The molecular weight excluding hydrogens is 260 g/mol. The maximum absolute atomic E-state index is 11.6. The molecule has 0 aromatic heterocycles. The van der Waals surface area contributed by atoms with Crippen molar-refractivity contribution < 1.29 is 24.6 Å². The van der Waals surface area contributed by atoms with Crippen molar-refractivity contribution in [1.29, 1.82) is 0 Å². The third kappa shape index (κ3) is 7.13. The van der Waals surface area contributed by atoms with Gasteiger partial charge in [-0.1, -0.05) is 0 Å². The van der Waals surface area contributed by atoms with Crippen molar-refractivity contribution >= 4 is 29.6 Å². The van der Waals surface area contributed by atoms with Crippen molar-refractivity contribution in [2.24, 2.45) is 5.73 Å². The molecule has 2 unspecified atom stereocenters. The van der Waals surface area contributed by atoms with E-state index in [1.54, 1.807) is 0 Å². The van der Waals surface area contributed by atoms with E-state index < -0.39 is 29.9 Å². The number of carbonyl (C=O) groups is 3. The van der Waals surface area contributed by atoms with Crippen molar-refractivity contribution in [3.05, 3.63) is 0 Å². The Labute approximate surface area is 109 Å². The Kier molecular flexibility index (Phi) is 8.14. The first kappa shape index (κ1) is 16.7. The number of nitrogens with two attached hydrogens (primary N) is 1. The summed E-state index contributed by atoms with van der Waals surface area (Å²) in [5, 5.41) is 19.6. The first-order chi connectivity index (χ1) is 8.38. The number of aliphatic carboxylic acids is 2. The molecular formula is C10H18N2O5S. The Hall–Kier alpha value is -1.28. The van der Waals surface area contributed by atoms with Crippen molar-refractivity contribution in [3.63, 3.8) is 0 Å². The number of rotatable bonds is 9. The normalized spacial score (nSPS) is 13.7. The van der Waals surface area contributed by atoms with Gasteiger partial charge in [-0.15, -0.1) is 0 Å². The molecule has 0 fully saturated rings. The van der Waals surface area contributed by atoms with E-state index in [0.29, 0.717) is 12.2 Å². The predicted molar refractivity (Wildman–Crippen MR) is 67.4 cm³/mol. The van der Waals surface area contributed by atoms with E-state index in [1.165, 1.54) is 11.8 Å². The molecule has 5 N–H and O–H groups in total. The van der Waals surface area contributed by atoms with E-state index in [2.05, 4.69) is 5.32 Å². The Balaban J connectivity index is 4.26. The van der Waals surface area contributed by atoms with Crippen LogP contribution in [-0.4, -0.2) is 52.2 Å². The van der Waals surface area contributed by atoms with E-state index >= 15 is 0 Å². The molecule has 1 amide bonds. The van der Waals surface area contributed by atoms with Gasteiger partial charge in [0.15, 0.2) is 0 Å². The number of thioether (sulfide) groups is 1. The van der Waals surface area contributed by atoms with Gasteiger partial charge in [-0.3, -0.25) is 9.59 Å². The maximum Gasteiger partial charge on any atom is 0.326 e. The Morgan fingerprint density at radius 3 is 2.33 bits per heavy atom. The molecule has 0 spiro atoms. The molecule has 0 heterocycles. The molecule has 0 aliphatic heterocycles. The number of hydrogen-bond acceptors (Lipinski definition) is 5. The molecule has 7 nitrogen and oxygen atoms in total. The summed E-state index contributed by atoms with van der Waals surface area (Å²) in [6, 6.07) is -1.99. The molecule has 104 valence electrons. The van der Waals surface area contributed by atoms with Crippen LogP contribution in [0.5, 0.6) is 0 Å². The zero-order chi connectivity index (χ0) is 14.1. The Morgan fingerprint density at radius 2 is 1.89 bits per heavy atom. The molecule has 18 heavy (non-hydrogen) atoms. The van der Waals surface area contributed by atoms with Gasteiger partial charge in [0.1, 0.15) is 6.04 Å². The molecule has 0 aromatic carbocycles. The summed E-state index contributed by atoms with van der Waals surface area (Å²) in [5.41, 5.74) is 5.57. The summed E-state index contributed by atoms with van der Waals surface area (Å²) in [7, 11) is 0. The highest BCUT2D eigenvalue weighted by atomic mass is 32.2. The van der Waals surface area contributed by atoms with Crippen LogP contribution in [0.1, 0.15) is 19.3 Å². The largest absolute Gasteiger partial charge is 0.481 e. The van der Waals surface area contributed by atoms with Crippen LogP contribution in [0, 0.1) is 0 Å². The van der Waals surface area contributed by atoms with E-state index in [-0.39, 0.29) is 12.8 Å². The van der Waals surface area contributed by atoms with E-state index in [9.17, 15) is 14.4 Å². The summed E-state index contributed by atoms with van der Waals surface area (Å²) in [6.07, 6.45) is 1.83. The van der Waals surface area contributed by atoms with Gasteiger partial charge in [0, 0.05) is 6.42 Å². The molecule has 0 bridgehead atoms. The van der Waals surface area contributed by atoms with Gasteiger partial charge in [-0.2, -0.15) is 11.8 Å². The lowest BCUT2D eigenvalue weighted by molar-refractivity contribution is -0.143. The van der Waals surface area contributed by atoms with Gasteiger partial charge in [-0.05, 0) is 24.9 Å². The molecule has 8 heteroatoms. The minimum Gasteiger partial charge on any atom is -0.481 e. The van der Waals surface area contributed by atoms with Crippen molar-refractivity contribution in [1.82, 2.24) is 5.32 Å².